The Hall–Kier alpha value is -2.72. The molecule has 0 unspecified atom stereocenters. The minimum atomic E-state index is -1.42. The van der Waals surface area contributed by atoms with Crippen molar-refractivity contribution in [3.63, 3.8) is 0 Å². The average Bonchev–Trinajstić information content (AvgIpc) is 3.18. The maximum absolute atomic E-state index is 12.3. The van der Waals surface area contributed by atoms with Crippen LogP contribution in [0.4, 0.5) is 0 Å². The molecule has 0 spiro atoms. The number of para-hydroxylation sites is 1. The van der Waals surface area contributed by atoms with Gasteiger partial charge >= 0.3 is 5.69 Å². The Labute approximate surface area is 146 Å². The number of aromatic nitrogens is 3. The molecular weight excluding hydrogens is 342 g/mol. The van der Waals surface area contributed by atoms with Crippen molar-refractivity contribution in [1.82, 2.24) is 14.5 Å². The van der Waals surface area contributed by atoms with Crippen LogP contribution < -0.4 is 11.2 Å². The lowest BCUT2D eigenvalue weighted by molar-refractivity contribution is -0.0549. The highest BCUT2D eigenvalue weighted by molar-refractivity contribution is 5.95. The highest BCUT2D eigenvalue weighted by atomic mass is 16.6. The van der Waals surface area contributed by atoms with Crippen LogP contribution >= 0.6 is 0 Å². The summed E-state index contributed by atoms with van der Waals surface area (Å²) in [5, 5.41) is 30.1. The van der Waals surface area contributed by atoms with Gasteiger partial charge in [0.1, 0.15) is 18.3 Å². The fourth-order valence-corrected chi connectivity index (χ4v) is 3.27. The minimum Gasteiger partial charge on any atom is -0.394 e. The van der Waals surface area contributed by atoms with Crippen LogP contribution in [0.3, 0.4) is 0 Å². The van der Waals surface area contributed by atoms with Crippen LogP contribution in [0.5, 0.6) is 0 Å². The molecule has 3 aromatic rings. The van der Waals surface area contributed by atoms with E-state index in [4.69, 9.17) is 4.74 Å². The van der Waals surface area contributed by atoms with E-state index in [-0.39, 0.29) is 5.56 Å². The van der Waals surface area contributed by atoms with Crippen molar-refractivity contribution in [1.29, 1.82) is 0 Å². The van der Waals surface area contributed by atoms with E-state index in [1.165, 1.54) is 6.20 Å². The molecule has 0 saturated carbocycles. The third-order valence-electron chi connectivity index (χ3n) is 4.64. The average molecular weight is 359 g/mol. The first kappa shape index (κ1) is 16.7. The number of H-pyrrole nitrogens is 2. The standard InChI is InChI=1S/C17H17N3O6/c21-7-12-13(22)14(23)16(26-12)20-6-10(15(24)19-17(20)25)9-5-18-11-4-2-1-3-8(9)11/h1-6,12-14,16,18,21-23H,7H2,(H,19,24,25)/t12-,13-,14-,16-/m1/s1. The Balaban J connectivity index is 1.85. The van der Waals surface area contributed by atoms with Gasteiger partial charge in [0.05, 0.1) is 12.2 Å². The molecule has 1 fully saturated rings. The zero-order valence-corrected chi connectivity index (χ0v) is 13.5. The number of aliphatic hydroxyl groups excluding tert-OH is 3. The number of nitrogens with zero attached hydrogens (tertiary/aromatic N) is 1. The van der Waals surface area contributed by atoms with Crippen LogP contribution in [0, 0.1) is 0 Å². The van der Waals surface area contributed by atoms with Crippen LogP contribution in [0.1, 0.15) is 6.23 Å². The number of ether oxygens (including phenoxy) is 1. The highest BCUT2D eigenvalue weighted by Crippen LogP contribution is 2.30. The molecule has 5 N–H and O–H groups in total. The van der Waals surface area contributed by atoms with Crippen molar-refractivity contribution >= 4 is 10.9 Å². The van der Waals surface area contributed by atoms with E-state index in [0.717, 1.165) is 15.5 Å². The lowest BCUT2D eigenvalue weighted by Crippen LogP contribution is -2.38. The molecule has 1 aliphatic heterocycles. The van der Waals surface area contributed by atoms with Crippen LogP contribution in [0.25, 0.3) is 22.0 Å². The molecule has 0 radical (unpaired) electrons. The number of benzene rings is 1. The van der Waals surface area contributed by atoms with Gasteiger partial charge in [0.25, 0.3) is 5.56 Å². The minimum absolute atomic E-state index is 0.208. The summed E-state index contributed by atoms with van der Waals surface area (Å²) in [6, 6.07) is 7.38. The normalized spacial score (nSPS) is 25.8. The predicted molar refractivity (Wildman–Crippen MR) is 91.6 cm³/mol. The SMILES string of the molecule is O=c1[nH]c(=O)n([C@@H]2O[C@H](CO)[C@@H](O)[C@H]2O)cc1-c1c[nH]c2ccccc12. The van der Waals surface area contributed by atoms with Crippen molar-refractivity contribution in [3.05, 3.63) is 57.5 Å². The molecule has 0 bridgehead atoms. The molecule has 2 aromatic heterocycles. The number of nitrogens with one attached hydrogen (secondary N) is 2. The van der Waals surface area contributed by atoms with Gasteiger partial charge in [0.2, 0.25) is 0 Å². The van der Waals surface area contributed by atoms with E-state index in [9.17, 15) is 24.9 Å². The Morgan fingerprint density at radius 3 is 2.62 bits per heavy atom. The quantitative estimate of drug-likeness (QED) is 0.419. The maximum Gasteiger partial charge on any atom is 0.330 e. The van der Waals surface area contributed by atoms with Gasteiger partial charge in [-0.2, -0.15) is 0 Å². The Bertz CT molecular complexity index is 1070. The summed E-state index contributed by atoms with van der Waals surface area (Å²) in [5.41, 5.74) is 0.255. The Morgan fingerprint density at radius 1 is 1.12 bits per heavy atom. The summed E-state index contributed by atoms with van der Waals surface area (Å²) in [4.78, 5) is 29.8. The zero-order valence-electron chi connectivity index (χ0n) is 13.5. The molecule has 1 saturated heterocycles. The highest BCUT2D eigenvalue weighted by Gasteiger charge is 2.43. The first-order chi connectivity index (χ1) is 12.5. The monoisotopic (exact) mass is 359 g/mol. The molecule has 4 atom stereocenters. The summed E-state index contributed by atoms with van der Waals surface area (Å²) in [6.45, 7) is -0.512. The molecule has 9 nitrogen and oxygen atoms in total. The number of rotatable bonds is 3. The second-order valence-electron chi connectivity index (χ2n) is 6.19. The topological polar surface area (TPSA) is 141 Å². The van der Waals surface area contributed by atoms with Crippen LogP contribution in [-0.4, -0.2) is 54.8 Å². The summed E-state index contributed by atoms with van der Waals surface area (Å²) in [6.07, 6.45) is -2.08. The van der Waals surface area contributed by atoms with Crippen molar-refractivity contribution in [2.75, 3.05) is 6.61 Å². The van der Waals surface area contributed by atoms with E-state index in [0.29, 0.717) is 5.56 Å². The third-order valence-corrected chi connectivity index (χ3v) is 4.64. The van der Waals surface area contributed by atoms with Crippen LogP contribution in [-0.2, 0) is 4.74 Å². The zero-order chi connectivity index (χ0) is 18.4. The van der Waals surface area contributed by atoms with Gasteiger partial charge in [0, 0.05) is 28.9 Å². The van der Waals surface area contributed by atoms with Gasteiger partial charge in [-0.1, -0.05) is 18.2 Å². The molecular formula is C17H17N3O6. The number of aromatic amines is 2. The molecule has 1 aromatic carbocycles. The third kappa shape index (κ3) is 2.49. The number of fused-ring (bicyclic) bond motifs is 1. The van der Waals surface area contributed by atoms with E-state index < -0.39 is 42.4 Å². The lowest BCUT2D eigenvalue weighted by atomic mass is 10.1. The maximum atomic E-state index is 12.3. The van der Waals surface area contributed by atoms with Crippen molar-refractivity contribution in [3.8, 4) is 11.1 Å². The lowest BCUT2D eigenvalue weighted by Gasteiger charge is -2.17. The van der Waals surface area contributed by atoms with E-state index in [1.54, 1.807) is 6.20 Å². The number of hydrogen-bond acceptors (Lipinski definition) is 6. The Morgan fingerprint density at radius 2 is 1.88 bits per heavy atom. The Kier molecular flexibility index (Phi) is 4.00. The number of hydrogen-bond donors (Lipinski definition) is 5. The smallest absolute Gasteiger partial charge is 0.330 e. The number of aliphatic hydroxyl groups is 3. The summed E-state index contributed by atoms with van der Waals surface area (Å²) in [7, 11) is 0. The van der Waals surface area contributed by atoms with Crippen LogP contribution in [0.15, 0.2) is 46.2 Å². The summed E-state index contributed by atoms with van der Waals surface area (Å²) in [5.74, 6) is 0. The van der Waals surface area contributed by atoms with Crippen LogP contribution in [0.2, 0.25) is 0 Å². The molecule has 1 aliphatic rings. The first-order valence-corrected chi connectivity index (χ1v) is 8.05. The van der Waals surface area contributed by atoms with Crippen molar-refractivity contribution < 1.29 is 20.1 Å². The summed E-state index contributed by atoms with van der Waals surface area (Å²) >= 11 is 0. The van der Waals surface area contributed by atoms with Gasteiger partial charge in [-0.25, -0.2) is 4.79 Å². The fourth-order valence-electron chi connectivity index (χ4n) is 3.27. The first-order valence-electron chi connectivity index (χ1n) is 8.05. The van der Waals surface area contributed by atoms with Gasteiger partial charge < -0.3 is 25.0 Å². The van der Waals surface area contributed by atoms with Crippen molar-refractivity contribution in [2.45, 2.75) is 24.5 Å². The molecule has 3 heterocycles. The fraction of sp³-hybridized carbons (Fsp3) is 0.294. The molecule has 0 aliphatic carbocycles. The van der Waals surface area contributed by atoms with E-state index in [1.807, 2.05) is 24.3 Å². The second kappa shape index (κ2) is 6.22. The van der Waals surface area contributed by atoms with Gasteiger partial charge in [-0.15, -0.1) is 0 Å². The van der Waals surface area contributed by atoms with Gasteiger partial charge in [-0.05, 0) is 6.07 Å². The molecule has 0 amide bonds. The molecule has 26 heavy (non-hydrogen) atoms. The van der Waals surface area contributed by atoms with E-state index in [2.05, 4.69) is 9.97 Å². The summed E-state index contributed by atoms with van der Waals surface area (Å²) < 4.78 is 6.40. The largest absolute Gasteiger partial charge is 0.394 e. The van der Waals surface area contributed by atoms with Gasteiger partial charge in [-0.3, -0.25) is 14.3 Å². The molecule has 4 rings (SSSR count). The predicted octanol–water partition coefficient (Wildman–Crippen LogP) is -0.704. The molecule has 9 heteroatoms. The van der Waals surface area contributed by atoms with E-state index >= 15 is 0 Å². The van der Waals surface area contributed by atoms with Gasteiger partial charge in [0.15, 0.2) is 6.23 Å². The molecule has 136 valence electrons. The van der Waals surface area contributed by atoms with Crippen molar-refractivity contribution in [2.24, 2.45) is 0 Å². The second-order valence-corrected chi connectivity index (χ2v) is 6.19.